The Bertz CT molecular complexity index is 315. The maximum Gasteiger partial charge on any atom is 0.436 e. The van der Waals surface area contributed by atoms with E-state index in [1.807, 2.05) is 0 Å². The van der Waals surface area contributed by atoms with E-state index in [9.17, 15) is 13.2 Å². The zero-order chi connectivity index (χ0) is 10.2. The highest BCUT2D eigenvalue weighted by molar-refractivity contribution is 5.05. The minimum atomic E-state index is -4.41. The molecular weight excluding hydrogens is 197 g/mol. The molecule has 0 saturated carbocycles. The van der Waals surface area contributed by atoms with Gasteiger partial charge in [-0.3, -0.25) is 0 Å². The largest absolute Gasteiger partial charge is 0.448 e. The van der Waals surface area contributed by atoms with Crippen LogP contribution in [0.4, 0.5) is 13.2 Å². The molecule has 6 heteroatoms. The molecule has 1 saturated heterocycles. The Morgan fingerprint density at radius 1 is 1.50 bits per heavy atom. The lowest BCUT2D eigenvalue weighted by Crippen LogP contribution is -2.09. The SMILES string of the molecule is FC(F)(F)c1coc(C2CCNC2)n1. The average Bonchev–Trinajstić information content (AvgIpc) is 2.73. The van der Waals surface area contributed by atoms with E-state index in [1.165, 1.54) is 0 Å². The minimum absolute atomic E-state index is 0.0221. The van der Waals surface area contributed by atoms with Gasteiger partial charge in [-0.1, -0.05) is 0 Å². The van der Waals surface area contributed by atoms with Crippen LogP contribution in [0.2, 0.25) is 0 Å². The van der Waals surface area contributed by atoms with E-state index in [4.69, 9.17) is 4.42 Å². The van der Waals surface area contributed by atoms with Crippen molar-refractivity contribution in [3.8, 4) is 0 Å². The summed E-state index contributed by atoms with van der Waals surface area (Å²) in [7, 11) is 0. The van der Waals surface area contributed by atoms with Crippen LogP contribution < -0.4 is 5.32 Å². The van der Waals surface area contributed by atoms with E-state index in [1.54, 1.807) is 0 Å². The number of oxazole rings is 1. The summed E-state index contributed by atoms with van der Waals surface area (Å²) in [5.74, 6) is 0.161. The van der Waals surface area contributed by atoms with Crippen molar-refractivity contribution in [3.63, 3.8) is 0 Å². The summed E-state index contributed by atoms with van der Waals surface area (Å²) in [4.78, 5) is 3.43. The fourth-order valence-electron chi connectivity index (χ4n) is 1.47. The van der Waals surface area contributed by atoms with Gasteiger partial charge in [0, 0.05) is 12.5 Å². The third-order valence-electron chi connectivity index (χ3n) is 2.22. The monoisotopic (exact) mass is 206 g/mol. The third kappa shape index (κ3) is 1.75. The first-order chi connectivity index (χ1) is 6.57. The summed E-state index contributed by atoms with van der Waals surface area (Å²) < 4.78 is 41.3. The maximum absolute atomic E-state index is 12.2. The molecule has 1 aromatic heterocycles. The Balaban J connectivity index is 2.17. The number of halogens is 3. The molecule has 3 nitrogen and oxygen atoms in total. The number of alkyl halides is 3. The highest BCUT2D eigenvalue weighted by Crippen LogP contribution is 2.30. The molecule has 1 atom stereocenters. The number of rotatable bonds is 1. The van der Waals surface area contributed by atoms with Gasteiger partial charge in [-0.15, -0.1) is 0 Å². The summed E-state index contributed by atoms with van der Waals surface area (Å²) >= 11 is 0. The molecule has 2 heterocycles. The van der Waals surface area contributed by atoms with Crippen LogP contribution in [0.15, 0.2) is 10.7 Å². The molecule has 0 aromatic carbocycles. The third-order valence-corrected chi connectivity index (χ3v) is 2.22. The summed E-state index contributed by atoms with van der Waals surface area (Å²) in [5.41, 5.74) is -0.945. The topological polar surface area (TPSA) is 38.1 Å². The number of aromatic nitrogens is 1. The van der Waals surface area contributed by atoms with E-state index in [2.05, 4.69) is 10.3 Å². The second kappa shape index (κ2) is 3.27. The van der Waals surface area contributed by atoms with Crippen molar-refractivity contribution in [3.05, 3.63) is 17.8 Å². The van der Waals surface area contributed by atoms with Crippen molar-refractivity contribution in [1.29, 1.82) is 0 Å². The minimum Gasteiger partial charge on any atom is -0.448 e. The highest BCUT2D eigenvalue weighted by atomic mass is 19.4. The van der Waals surface area contributed by atoms with Gasteiger partial charge in [-0.2, -0.15) is 13.2 Å². The van der Waals surface area contributed by atoms with E-state index >= 15 is 0 Å². The van der Waals surface area contributed by atoms with Gasteiger partial charge in [0.2, 0.25) is 0 Å². The second-order valence-corrected chi connectivity index (χ2v) is 3.26. The van der Waals surface area contributed by atoms with Crippen molar-refractivity contribution < 1.29 is 17.6 Å². The zero-order valence-electron chi connectivity index (χ0n) is 7.27. The Kier molecular flexibility index (Phi) is 2.22. The molecular formula is C8H9F3N2O. The number of nitrogens with one attached hydrogen (secondary N) is 1. The first kappa shape index (κ1) is 9.51. The molecule has 1 aliphatic heterocycles. The molecule has 0 bridgehead atoms. The molecule has 0 amide bonds. The van der Waals surface area contributed by atoms with Gasteiger partial charge in [0.05, 0.1) is 0 Å². The molecule has 0 spiro atoms. The van der Waals surface area contributed by atoms with Gasteiger partial charge in [0.25, 0.3) is 0 Å². The van der Waals surface area contributed by atoms with Crippen LogP contribution >= 0.6 is 0 Å². The molecule has 1 N–H and O–H groups in total. The molecule has 1 unspecified atom stereocenters. The Labute approximate surface area is 78.3 Å². The van der Waals surface area contributed by atoms with Crippen LogP contribution in [0, 0.1) is 0 Å². The molecule has 1 fully saturated rings. The first-order valence-electron chi connectivity index (χ1n) is 4.30. The van der Waals surface area contributed by atoms with Crippen LogP contribution in [0.1, 0.15) is 23.9 Å². The smallest absolute Gasteiger partial charge is 0.436 e. The van der Waals surface area contributed by atoms with Crippen LogP contribution in [0.3, 0.4) is 0 Å². The molecule has 1 aromatic rings. The summed E-state index contributed by atoms with van der Waals surface area (Å²) in [6.07, 6.45) is -2.96. The summed E-state index contributed by atoms with van der Waals surface area (Å²) in [6, 6.07) is 0. The lowest BCUT2D eigenvalue weighted by Gasteiger charge is -2.01. The second-order valence-electron chi connectivity index (χ2n) is 3.26. The van der Waals surface area contributed by atoms with E-state index in [0.717, 1.165) is 13.0 Å². The van der Waals surface area contributed by atoms with Gasteiger partial charge in [-0.05, 0) is 13.0 Å². The van der Waals surface area contributed by atoms with Crippen molar-refractivity contribution >= 4 is 0 Å². The van der Waals surface area contributed by atoms with Gasteiger partial charge < -0.3 is 9.73 Å². The van der Waals surface area contributed by atoms with Crippen molar-refractivity contribution in [1.82, 2.24) is 10.3 Å². The van der Waals surface area contributed by atoms with Crippen molar-refractivity contribution in [2.45, 2.75) is 18.5 Å². The van der Waals surface area contributed by atoms with Crippen molar-refractivity contribution in [2.75, 3.05) is 13.1 Å². The fourth-order valence-corrected chi connectivity index (χ4v) is 1.47. The zero-order valence-corrected chi connectivity index (χ0v) is 7.27. The van der Waals surface area contributed by atoms with E-state index < -0.39 is 11.9 Å². The highest BCUT2D eigenvalue weighted by Gasteiger charge is 2.36. The molecule has 0 radical (unpaired) electrons. The molecule has 0 aliphatic carbocycles. The number of hydrogen-bond donors (Lipinski definition) is 1. The molecule has 14 heavy (non-hydrogen) atoms. The lowest BCUT2D eigenvalue weighted by molar-refractivity contribution is -0.141. The molecule has 78 valence electrons. The molecule has 1 aliphatic rings. The quantitative estimate of drug-likeness (QED) is 0.760. The van der Waals surface area contributed by atoms with Gasteiger partial charge in [0.15, 0.2) is 11.6 Å². The normalized spacial score (nSPS) is 22.9. The van der Waals surface area contributed by atoms with E-state index in [0.29, 0.717) is 12.8 Å². The molecule has 2 rings (SSSR count). The Morgan fingerprint density at radius 3 is 2.79 bits per heavy atom. The maximum atomic E-state index is 12.2. The van der Waals surface area contributed by atoms with Crippen LogP contribution in [0.25, 0.3) is 0 Å². The number of nitrogens with zero attached hydrogens (tertiary/aromatic N) is 1. The van der Waals surface area contributed by atoms with Gasteiger partial charge in [-0.25, -0.2) is 4.98 Å². The van der Waals surface area contributed by atoms with E-state index in [-0.39, 0.29) is 11.8 Å². The summed E-state index contributed by atoms with van der Waals surface area (Å²) in [5, 5.41) is 3.04. The standard InChI is InChI=1S/C8H9F3N2O/c9-8(10,11)6-4-14-7(13-6)5-1-2-12-3-5/h4-5,12H,1-3H2. The number of hydrogen-bond acceptors (Lipinski definition) is 3. The van der Waals surface area contributed by atoms with Crippen LogP contribution in [0.5, 0.6) is 0 Å². The lowest BCUT2D eigenvalue weighted by atomic mass is 10.1. The van der Waals surface area contributed by atoms with Crippen molar-refractivity contribution in [2.24, 2.45) is 0 Å². The average molecular weight is 206 g/mol. The van der Waals surface area contributed by atoms with Gasteiger partial charge in [0.1, 0.15) is 6.26 Å². The van der Waals surface area contributed by atoms with Crippen LogP contribution in [-0.4, -0.2) is 18.1 Å². The predicted molar refractivity (Wildman–Crippen MR) is 41.7 cm³/mol. The summed E-state index contributed by atoms with van der Waals surface area (Å²) in [6.45, 7) is 1.44. The Hall–Kier alpha value is -1.04. The predicted octanol–water partition coefficient (Wildman–Crippen LogP) is 1.77. The Morgan fingerprint density at radius 2 is 2.29 bits per heavy atom. The van der Waals surface area contributed by atoms with Gasteiger partial charge >= 0.3 is 6.18 Å². The van der Waals surface area contributed by atoms with Crippen LogP contribution in [-0.2, 0) is 6.18 Å². The fraction of sp³-hybridized carbons (Fsp3) is 0.625. The first-order valence-corrected chi connectivity index (χ1v) is 4.30.